The van der Waals surface area contributed by atoms with Gasteiger partial charge < -0.3 is 0 Å². The topological polar surface area (TPSA) is 3.24 Å². The molecule has 1 aliphatic heterocycles. The Morgan fingerprint density at radius 3 is 1.34 bits per heavy atom. The summed E-state index contributed by atoms with van der Waals surface area (Å²) in [6.45, 7) is 3.34. The van der Waals surface area contributed by atoms with Crippen LogP contribution >= 0.6 is 17.2 Å². The molecule has 1 heterocycles. The highest BCUT2D eigenvalue weighted by Crippen LogP contribution is 2.41. The fourth-order valence-corrected chi connectivity index (χ4v) is 9.27. The molecule has 0 bridgehead atoms. The number of nitrogens with zero attached hydrogens (tertiary/aromatic N) is 1. The van der Waals surface area contributed by atoms with Gasteiger partial charge in [-0.3, -0.25) is 4.90 Å². The molecule has 0 aromatic heterocycles. The van der Waals surface area contributed by atoms with E-state index < -0.39 is 0 Å². The van der Waals surface area contributed by atoms with Gasteiger partial charge in [0.05, 0.1) is 0 Å². The van der Waals surface area contributed by atoms with E-state index in [4.69, 9.17) is 0 Å². The second-order valence-corrected chi connectivity index (χ2v) is 13.1. The second-order valence-electron chi connectivity index (χ2n) is 10.0. The van der Waals surface area contributed by atoms with E-state index in [0.29, 0.717) is 11.3 Å². The molecule has 0 N–H and O–H groups in total. The van der Waals surface area contributed by atoms with Crippen LogP contribution in [-0.2, 0) is 6.54 Å². The fraction of sp³-hybridized carbons (Fsp3) is 0.143. The molecule has 4 unspecified atom stereocenters. The first-order valence-corrected chi connectivity index (χ1v) is 15.6. The minimum absolute atomic E-state index is 0.644. The summed E-state index contributed by atoms with van der Waals surface area (Å²) in [6.07, 6.45) is 0. The van der Waals surface area contributed by atoms with Crippen molar-refractivity contribution >= 4 is 27.8 Å². The van der Waals surface area contributed by atoms with Crippen LogP contribution in [0.5, 0.6) is 0 Å². The fourth-order valence-electron chi connectivity index (χ4n) is 5.50. The van der Waals surface area contributed by atoms with Crippen molar-refractivity contribution in [1.29, 1.82) is 0 Å². The normalized spacial score (nSPS) is 18.1. The lowest BCUT2D eigenvalue weighted by Crippen LogP contribution is -2.21. The predicted molar refractivity (Wildman–Crippen MR) is 169 cm³/mol. The van der Waals surface area contributed by atoms with Gasteiger partial charge in [-0.05, 0) is 38.4 Å². The van der Waals surface area contributed by atoms with Crippen molar-refractivity contribution < 1.29 is 0 Å². The molecule has 0 amide bonds. The van der Waals surface area contributed by atoms with Crippen molar-refractivity contribution in [2.45, 2.75) is 17.9 Å². The average molecular weight is 530 g/mol. The summed E-state index contributed by atoms with van der Waals surface area (Å²) in [4.78, 5) is 2.70. The first kappa shape index (κ1) is 25.2. The van der Waals surface area contributed by atoms with Crippen LogP contribution in [0.15, 0.2) is 140 Å². The van der Waals surface area contributed by atoms with Crippen LogP contribution in [0.25, 0.3) is 22.3 Å². The molecule has 188 valence electrons. The predicted octanol–water partition coefficient (Wildman–Crippen LogP) is 7.58. The highest BCUT2D eigenvalue weighted by atomic mass is 31.1. The van der Waals surface area contributed by atoms with Gasteiger partial charge in [0.2, 0.25) is 0 Å². The van der Waals surface area contributed by atoms with Crippen LogP contribution in [0.1, 0.15) is 5.56 Å². The molecule has 1 aliphatic rings. The first-order chi connectivity index (χ1) is 18.8. The highest BCUT2D eigenvalue weighted by Gasteiger charge is 2.34. The molecule has 0 aliphatic carbocycles. The Hall–Kier alpha value is -3.08. The van der Waals surface area contributed by atoms with E-state index in [-0.39, 0.29) is 0 Å². The monoisotopic (exact) mass is 529 g/mol. The van der Waals surface area contributed by atoms with Gasteiger partial charge in [0.1, 0.15) is 0 Å². The van der Waals surface area contributed by atoms with Crippen molar-refractivity contribution in [1.82, 2.24) is 4.90 Å². The zero-order valence-corrected chi connectivity index (χ0v) is 23.5. The molecule has 0 radical (unpaired) electrons. The van der Waals surface area contributed by atoms with Crippen molar-refractivity contribution in [2.24, 2.45) is 0 Å². The van der Waals surface area contributed by atoms with Crippen LogP contribution in [0.4, 0.5) is 0 Å². The molecular formula is C35H33NP2. The molecular weight excluding hydrogens is 496 g/mol. The summed E-state index contributed by atoms with van der Waals surface area (Å²) in [5, 5.41) is 2.99. The van der Waals surface area contributed by atoms with Gasteiger partial charge in [-0.2, -0.15) is 0 Å². The summed E-state index contributed by atoms with van der Waals surface area (Å²) in [6, 6.07) is 50.9. The van der Waals surface area contributed by atoms with Gasteiger partial charge in [-0.15, -0.1) is 0 Å². The van der Waals surface area contributed by atoms with E-state index >= 15 is 0 Å². The maximum atomic E-state index is 2.70. The average Bonchev–Trinajstić information content (AvgIpc) is 3.35. The summed E-state index contributed by atoms with van der Waals surface area (Å²) in [5.41, 5.74) is 8.12. The summed E-state index contributed by atoms with van der Waals surface area (Å²) >= 11 is 0. The maximum absolute atomic E-state index is 2.70. The largest absolute Gasteiger partial charge is 0.298 e. The third-order valence-corrected chi connectivity index (χ3v) is 11.1. The van der Waals surface area contributed by atoms with E-state index in [2.05, 4.69) is 144 Å². The highest BCUT2D eigenvalue weighted by molar-refractivity contribution is 7.53. The molecule has 3 heteroatoms. The SMILES string of the molecule is c1ccc(CN2CC(Pc3ccccc3-c3ccccc3)C(Pc3ccccc3-c3ccccc3)C2)cc1. The molecule has 6 rings (SSSR count). The van der Waals surface area contributed by atoms with Crippen LogP contribution in [0, 0.1) is 0 Å². The Balaban J connectivity index is 1.30. The molecule has 5 aromatic rings. The number of rotatable bonds is 8. The molecule has 38 heavy (non-hydrogen) atoms. The first-order valence-electron chi connectivity index (χ1n) is 13.4. The summed E-state index contributed by atoms with van der Waals surface area (Å²) < 4.78 is 0. The minimum Gasteiger partial charge on any atom is -0.298 e. The van der Waals surface area contributed by atoms with Crippen molar-refractivity contribution in [3.8, 4) is 22.3 Å². The smallest absolute Gasteiger partial charge is 0.0234 e. The Labute approximate surface area is 230 Å². The Morgan fingerprint density at radius 1 is 0.474 bits per heavy atom. The maximum Gasteiger partial charge on any atom is 0.0234 e. The van der Waals surface area contributed by atoms with E-state index in [1.807, 2.05) is 0 Å². The van der Waals surface area contributed by atoms with Crippen LogP contribution in [-0.4, -0.2) is 29.3 Å². The van der Waals surface area contributed by atoms with Gasteiger partial charge in [0.25, 0.3) is 0 Å². The van der Waals surface area contributed by atoms with E-state index in [9.17, 15) is 0 Å². The van der Waals surface area contributed by atoms with Crippen LogP contribution < -0.4 is 10.6 Å². The standard InChI is InChI=1S/C35H33NP2/c1-4-14-27(15-5-1)24-36-25-34(37-32-22-12-10-20-30(32)28-16-6-2-7-17-28)35(26-36)38-33-23-13-11-21-31(33)29-18-8-3-9-19-29/h1-23,34-35,37-38H,24-26H2. The number of benzene rings is 5. The lowest BCUT2D eigenvalue weighted by Gasteiger charge is -2.22. The number of hydrogen-bond donors (Lipinski definition) is 0. The van der Waals surface area contributed by atoms with Crippen molar-refractivity contribution in [2.75, 3.05) is 13.1 Å². The summed E-state index contributed by atoms with van der Waals surface area (Å²) in [7, 11) is 1.58. The van der Waals surface area contributed by atoms with E-state index in [1.54, 1.807) is 0 Å². The van der Waals surface area contributed by atoms with Gasteiger partial charge in [0.15, 0.2) is 0 Å². The van der Waals surface area contributed by atoms with Gasteiger partial charge in [-0.1, -0.05) is 157 Å². The zero-order chi connectivity index (χ0) is 25.6. The van der Waals surface area contributed by atoms with E-state index in [0.717, 1.165) is 36.8 Å². The Morgan fingerprint density at radius 2 is 0.868 bits per heavy atom. The molecule has 5 aromatic carbocycles. The molecule has 1 fully saturated rings. The van der Waals surface area contributed by atoms with Crippen LogP contribution in [0.2, 0.25) is 0 Å². The molecule has 0 saturated carbocycles. The lowest BCUT2D eigenvalue weighted by atomic mass is 10.1. The molecule has 0 spiro atoms. The van der Waals surface area contributed by atoms with Gasteiger partial charge in [-0.25, -0.2) is 0 Å². The zero-order valence-electron chi connectivity index (χ0n) is 21.5. The third-order valence-electron chi connectivity index (χ3n) is 7.35. The molecule has 4 atom stereocenters. The third kappa shape index (κ3) is 5.98. The molecule has 1 saturated heterocycles. The number of likely N-dealkylation sites (tertiary alicyclic amines) is 1. The Kier molecular flexibility index (Phi) is 8.09. The summed E-state index contributed by atoms with van der Waals surface area (Å²) in [5.74, 6) is 0. The van der Waals surface area contributed by atoms with Gasteiger partial charge in [0, 0.05) is 31.0 Å². The van der Waals surface area contributed by atoms with Crippen LogP contribution in [0.3, 0.4) is 0 Å². The van der Waals surface area contributed by atoms with Gasteiger partial charge >= 0.3 is 0 Å². The minimum atomic E-state index is 0.644. The molecule has 1 nitrogen and oxygen atoms in total. The number of hydrogen-bond acceptors (Lipinski definition) is 1. The second kappa shape index (κ2) is 12.2. The van der Waals surface area contributed by atoms with Crippen molar-refractivity contribution in [3.05, 3.63) is 145 Å². The Bertz CT molecular complexity index is 1360. The quantitative estimate of drug-likeness (QED) is 0.187. The lowest BCUT2D eigenvalue weighted by molar-refractivity contribution is 0.333. The van der Waals surface area contributed by atoms with Crippen molar-refractivity contribution in [3.63, 3.8) is 0 Å². The van der Waals surface area contributed by atoms with E-state index in [1.165, 1.54) is 38.4 Å².